The van der Waals surface area contributed by atoms with E-state index in [1.165, 1.54) is 45.2 Å². The number of nitrogens with zero attached hydrogens (tertiary/aromatic N) is 1. The molecule has 2 heteroatoms. The zero-order valence-corrected chi connectivity index (χ0v) is 15.1. The predicted octanol–water partition coefficient (Wildman–Crippen LogP) is 4.05. The molecule has 2 saturated carbocycles. The molecule has 3 aliphatic rings. The molecular weight excluding hydrogens is 256 g/mol. The number of likely N-dealkylation sites (tertiary alicyclic amines) is 1. The maximum Gasteiger partial charge on any atom is 0.0177 e. The fourth-order valence-corrected chi connectivity index (χ4v) is 5.67. The third-order valence-corrected chi connectivity index (χ3v) is 7.12. The van der Waals surface area contributed by atoms with Gasteiger partial charge in [0.1, 0.15) is 0 Å². The van der Waals surface area contributed by atoms with E-state index < -0.39 is 0 Å². The lowest BCUT2D eigenvalue weighted by atomic mass is 9.68. The summed E-state index contributed by atoms with van der Waals surface area (Å²) in [6.07, 6.45) is 7.01. The molecule has 1 unspecified atom stereocenters. The summed E-state index contributed by atoms with van der Waals surface area (Å²) < 4.78 is 0. The molecule has 3 rings (SSSR count). The lowest BCUT2D eigenvalue weighted by Crippen LogP contribution is -2.57. The molecule has 1 N–H and O–H groups in total. The first-order valence-corrected chi connectivity index (χ1v) is 9.14. The Hall–Kier alpha value is -0.0800. The van der Waals surface area contributed by atoms with Gasteiger partial charge in [0, 0.05) is 30.7 Å². The summed E-state index contributed by atoms with van der Waals surface area (Å²) in [5.41, 5.74) is 1.39. The summed E-state index contributed by atoms with van der Waals surface area (Å²) >= 11 is 0. The highest BCUT2D eigenvalue weighted by Gasteiger charge is 2.59. The lowest BCUT2D eigenvalue weighted by molar-refractivity contribution is 0.0612. The molecule has 21 heavy (non-hydrogen) atoms. The largest absolute Gasteiger partial charge is 0.310 e. The van der Waals surface area contributed by atoms with Gasteiger partial charge in [0.15, 0.2) is 0 Å². The quantitative estimate of drug-likeness (QED) is 0.826. The van der Waals surface area contributed by atoms with E-state index >= 15 is 0 Å². The van der Waals surface area contributed by atoms with E-state index in [2.05, 4.69) is 51.8 Å². The molecule has 2 nitrogen and oxygen atoms in total. The minimum absolute atomic E-state index is 0.336. The van der Waals surface area contributed by atoms with Crippen molar-refractivity contribution in [2.45, 2.75) is 91.3 Å². The first-order valence-electron chi connectivity index (χ1n) is 9.14. The molecule has 1 aliphatic heterocycles. The molecule has 0 aromatic rings. The first kappa shape index (κ1) is 15.8. The smallest absolute Gasteiger partial charge is 0.0177 e. The summed E-state index contributed by atoms with van der Waals surface area (Å²) in [6.45, 7) is 17.1. The zero-order valence-electron chi connectivity index (χ0n) is 15.1. The highest BCUT2D eigenvalue weighted by Crippen LogP contribution is 2.62. The third kappa shape index (κ3) is 2.67. The molecule has 3 fully saturated rings. The van der Waals surface area contributed by atoms with Gasteiger partial charge in [-0.25, -0.2) is 0 Å². The third-order valence-electron chi connectivity index (χ3n) is 7.12. The minimum Gasteiger partial charge on any atom is -0.310 e. The van der Waals surface area contributed by atoms with Crippen molar-refractivity contribution in [3.05, 3.63) is 0 Å². The standard InChI is InChI=1S/C19H36N2/c1-17(2,3)21-11-8-15(9-12-21)20-16-18(4,5)14-7-10-19(16,6)13-14/h14-16,20H,7-13H2,1-6H3/t14-,16?,19+/m0/s1. The summed E-state index contributed by atoms with van der Waals surface area (Å²) in [6, 6.07) is 1.47. The average Bonchev–Trinajstić information content (AvgIpc) is 2.85. The van der Waals surface area contributed by atoms with Crippen molar-refractivity contribution in [2.75, 3.05) is 13.1 Å². The molecule has 0 radical (unpaired) electrons. The van der Waals surface area contributed by atoms with Crippen LogP contribution in [0, 0.1) is 16.7 Å². The number of fused-ring (bicyclic) bond motifs is 2. The van der Waals surface area contributed by atoms with E-state index in [0.717, 1.165) is 18.0 Å². The van der Waals surface area contributed by atoms with Crippen LogP contribution >= 0.6 is 0 Å². The second kappa shape index (κ2) is 4.96. The van der Waals surface area contributed by atoms with E-state index in [1.54, 1.807) is 0 Å². The van der Waals surface area contributed by atoms with E-state index in [4.69, 9.17) is 0 Å². The van der Waals surface area contributed by atoms with Gasteiger partial charge in [-0.05, 0) is 69.6 Å². The fourth-order valence-electron chi connectivity index (χ4n) is 5.67. The van der Waals surface area contributed by atoms with Crippen molar-refractivity contribution in [2.24, 2.45) is 16.7 Å². The SMILES string of the molecule is CC1(C)C(NC2CCN(C(C)(C)C)CC2)[C@]2(C)CC[C@H]1C2. The summed E-state index contributed by atoms with van der Waals surface area (Å²) in [7, 11) is 0. The van der Waals surface area contributed by atoms with Crippen LogP contribution < -0.4 is 5.32 Å². The lowest BCUT2D eigenvalue weighted by Gasteiger charge is -2.47. The van der Waals surface area contributed by atoms with Gasteiger partial charge in [-0.1, -0.05) is 20.8 Å². The van der Waals surface area contributed by atoms with Crippen LogP contribution in [-0.4, -0.2) is 35.6 Å². The van der Waals surface area contributed by atoms with Crippen LogP contribution in [0.3, 0.4) is 0 Å². The Morgan fingerprint density at radius 2 is 1.62 bits per heavy atom. The van der Waals surface area contributed by atoms with Crippen molar-refractivity contribution in [1.29, 1.82) is 0 Å². The Morgan fingerprint density at radius 1 is 1.00 bits per heavy atom. The number of hydrogen-bond donors (Lipinski definition) is 1. The molecule has 1 heterocycles. The van der Waals surface area contributed by atoms with E-state index in [9.17, 15) is 0 Å². The normalized spacial score (nSPS) is 40.9. The molecule has 3 atom stereocenters. The molecule has 0 amide bonds. The van der Waals surface area contributed by atoms with Crippen LogP contribution in [0.15, 0.2) is 0 Å². The molecule has 0 aromatic heterocycles. The molecule has 122 valence electrons. The Balaban J connectivity index is 1.61. The summed E-state index contributed by atoms with van der Waals surface area (Å²) in [5.74, 6) is 0.953. The van der Waals surface area contributed by atoms with Crippen LogP contribution in [0.25, 0.3) is 0 Å². The van der Waals surface area contributed by atoms with Crippen molar-refractivity contribution in [1.82, 2.24) is 10.2 Å². The minimum atomic E-state index is 0.336. The summed E-state index contributed by atoms with van der Waals surface area (Å²) in [5, 5.41) is 4.13. The van der Waals surface area contributed by atoms with Crippen LogP contribution in [0.2, 0.25) is 0 Å². The van der Waals surface area contributed by atoms with Crippen LogP contribution in [0.1, 0.15) is 73.6 Å². The van der Waals surface area contributed by atoms with Gasteiger partial charge >= 0.3 is 0 Å². The molecule has 2 bridgehead atoms. The second-order valence-electron chi connectivity index (χ2n) is 9.95. The summed E-state index contributed by atoms with van der Waals surface area (Å²) in [4.78, 5) is 2.65. The van der Waals surface area contributed by atoms with E-state index in [1.807, 2.05) is 0 Å². The van der Waals surface area contributed by atoms with Gasteiger partial charge in [0.25, 0.3) is 0 Å². The molecule has 0 spiro atoms. The molecular formula is C19H36N2. The maximum absolute atomic E-state index is 4.13. The monoisotopic (exact) mass is 292 g/mol. The van der Waals surface area contributed by atoms with Gasteiger partial charge < -0.3 is 5.32 Å². The molecule has 1 saturated heterocycles. The van der Waals surface area contributed by atoms with Gasteiger partial charge in [0.05, 0.1) is 0 Å². The number of hydrogen-bond acceptors (Lipinski definition) is 2. The topological polar surface area (TPSA) is 15.3 Å². The molecule has 0 aromatic carbocycles. The van der Waals surface area contributed by atoms with Crippen LogP contribution in [-0.2, 0) is 0 Å². The van der Waals surface area contributed by atoms with Gasteiger partial charge in [-0.3, -0.25) is 4.90 Å². The number of rotatable bonds is 2. The Morgan fingerprint density at radius 3 is 2.10 bits per heavy atom. The Labute approximate surface area is 132 Å². The van der Waals surface area contributed by atoms with Crippen molar-refractivity contribution >= 4 is 0 Å². The fraction of sp³-hybridized carbons (Fsp3) is 1.00. The second-order valence-corrected chi connectivity index (χ2v) is 9.95. The van der Waals surface area contributed by atoms with E-state index in [-0.39, 0.29) is 0 Å². The van der Waals surface area contributed by atoms with Crippen molar-refractivity contribution in [3.63, 3.8) is 0 Å². The zero-order chi connectivity index (χ0) is 15.5. The Kier molecular flexibility index (Phi) is 3.73. The highest BCUT2D eigenvalue weighted by atomic mass is 15.2. The molecule has 2 aliphatic carbocycles. The first-order chi connectivity index (χ1) is 9.63. The number of nitrogens with one attached hydrogen (secondary N) is 1. The van der Waals surface area contributed by atoms with Crippen molar-refractivity contribution < 1.29 is 0 Å². The van der Waals surface area contributed by atoms with E-state index in [0.29, 0.717) is 16.4 Å². The van der Waals surface area contributed by atoms with Crippen molar-refractivity contribution in [3.8, 4) is 0 Å². The van der Waals surface area contributed by atoms with Crippen LogP contribution in [0.5, 0.6) is 0 Å². The maximum atomic E-state index is 4.13. The average molecular weight is 293 g/mol. The van der Waals surface area contributed by atoms with Crippen LogP contribution in [0.4, 0.5) is 0 Å². The Bertz CT molecular complexity index is 382. The number of piperidine rings is 1. The highest BCUT2D eigenvalue weighted by molar-refractivity contribution is 5.12. The predicted molar refractivity (Wildman–Crippen MR) is 90.5 cm³/mol. The van der Waals surface area contributed by atoms with Gasteiger partial charge in [-0.2, -0.15) is 0 Å². The van der Waals surface area contributed by atoms with Gasteiger partial charge in [0.2, 0.25) is 0 Å². The van der Waals surface area contributed by atoms with Gasteiger partial charge in [-0.15, -0.1) is 0 Å².